The molecule has 92 valence electrons. The smallest absolute Gasteiger partial charge is 0.195 e. The molecule has 0 atom stereocenters. The number of rotatable bonds is 2. The summed E-state index contributed by atoms with van der Waals surface area (Å²) < 4.78 is 13.9. The van der Waals surface area contributed by atoms with Gasteiger partial charge in [-0.2, -0.15) is 0 Å². The lowest BCUT2D eigenvalue weighted by atomic mass is 10.0. The maximum Gasteiger partial charge on any atom is 0.195 e. The molecule has 0 aromatic heterocycles. The molecule has 5 heteroatoms. The number of ketones is 1. The highest BCUT2D eigenvalue weighted by atomic mass is 127. The first-order chi connectivity index (χ1) is 8.49. The largest absolute Gasteiger partial charge is 0.289 e. The van der Waals surface area contributed by atoms with E-state index in [0.29, 0.717) is 10.6 Å². The van der Waals surface area contributed by atoms with Crippen LogP contribution in [0, 0.1) is 9.39 Å². The van der Waals surface area contributed by atoms with Gasteiger partial charge in [0.15, 0.2) is 5.78 Å². The zero-order valence-corrected chi connectivity index (χ0v) is 12.6. The van der Waals surface area contributed by atoms with Gasteiger partial charge in [-0.05, 0) is 59.0 Å². The van der Waals surface area contributed by atoms with E-state index < -0.39 is 5.82 Å². The third kappa shape index (κ3) is 2.84. The van der Waals surface area contributed by atoms with Crippen molar-refractivity contribution in [3.05, 3.63) is 67.0 Å². The van der Waals surface area contributed by atoms with Crippen LogP contribution in [0.5, 0.6) is 0 Å². The molecule has 0 saturated carbocycles. The fourth-order valence-corrected chi connectivity index (χ4v) is 2.44. The molecule has 0 heterocycles. The van der Waals surface area contributed by atoms with Crippen molar-refractivity contribution in [2.75, 3.05) is 0 Å². The van der Waals surface area contributed by atoms with Crippen LogP contribution >= 0.6 is 45.8 Å². The average molecular weight is 395 g/mol. The number of carbonyl (C=O) groups excluding carboxylic acids is 1. The zero-order valence-electron chi connectivity index (χ0n) is 8.88. The Bertz CT molecular complexity index is 575. The fraction of sp³-hybridized carbons (Fsp3) is 0. The SMILES string of the molecule is O=C(c1cc(F)ccc1Cl)c1cc(Cl)ccc1I. The van der Waals surface area contributed by atoms with E-state index in [9.17, 15) is 9.18 Å². The molecule has 0 spiro atoms. The molecule has 18 heavy (non-hydrogen) atoms. The van der Waals surface area contributed by atoms with Crippen molar-refractivity contribution in [2.45, 2.75) is 0 Å². The Hall–Kier alpha value is -0.650. The summed E-state index contributed by atoms with van der Waals surface area (Å²) in [4.78, 5) is 12.3. The number of hydrogen-bond donors (Lipinski definition) is 0. The molecule has 0 bridgehead atoms. The molecule has 2 aromatic carbocycles. The summed E-state index contributed by atoms with van der Waals surface area (Å²) in [5.74, 6) is -0.841. The van der Waals surface area contributed by atoms with E-state index in [0.717, 1.165) is 9.64 Å². The Morgan fingerprint density at radius 3 is 2.50 bits per heavy atom. The van der Waals surface area contributed by atoms with Crippen molar-refractivity contribution in [1.29, 1.82) is 0 Å². The van der Waals surface area contributed by atoms with E-state index in [4.69, 9.17) is 23.2 Å². The Labute approximate surface area is 127 Å². The van der Waals surface area contributed by atoms with Gasteiger partial charge in [0.25, 0.3) is 0 Å². The second-order valence-electron chi connectivity index (χ2n) is 3.58. The van der Waals surface area contributed by atoms with E-state index in [1.54, 1.807) is 18.2 Å². The molecule has 0 aliphatic heterocycles. The topological polar surface area (TPSA) is 17.1 Å². The van der Waals surface area contributed by atoms with Crippen LogP contribution in [0.25, 0.3) is 0 Å². The van der Waals surface area contributed by atoms with Crippen molar-refractivity contribution < 1.29 is 9.18 Å². The normalized spacial score (nSPS) is 10.4. The highest BCUT2D eigenvalue weighted by Gasteiger charge is 2.16. The molecule has 0 fully saturated rings. The van der Waals surface area contributed by atoms with Gasteiger partial charge in [0, 0.05) is 19.7 Å². The molecule has 0 unspecified atom stereocenters. The first kappa shape index (κ1) is 13.8. The maximum atomic E-state index is 13.2. The minimum absolute atomic E-state index is 0.136. The molecule has 0 saturated heterocycles. The van der Waals surface area contributed by atoms with Crippen LogP contribution in [0.4, 0.5) is 4.39 Å². The molecule has 0 amide bonds. The van der Waals surface area contributed by atoms with Gasteiger partial charge in [-0.25, -0.2) is 4.39 Å². The number of benzene rings is 2. The number of carbonyl (C=O) groups is 1. The van der Waals surface area contributed by atoms with Crippen LogP contribution in [0.2, 0.25) is 10.0 Å². The Balaban J connectivity index is 2.54. The lowest BCUT2D eigenvalue weighted by Gasteiger charge is -2.06. The highest BCUT2D eigenvalue weighted by Crippen LogP contribution is 2.25. The monoisotopic (exact) mass is 394 g/mol. The first-order valence-electron chi connectivity index (χ1n) is 4.94. The number of hydrogen-bond acceptors (Lipinski definition) is 1. The van der Waals surface area contributed by atoms with Gasteiger partial charge >= 0.3 is 0 Å². The van der Waals surface area contributed by atoms with Gasteiger partial charge in [0.1, 0.15) is 5.82 Å². The molecule has 2 aromatic rings. The van der Waals surface area contributed by atoms with Gasteiger partial charge in [-0.15, -0.1) is 0 Å². The maximum absolute atomic E-state index is 13.2. The van der Waals surface area contributed by atoms with Crippen molar-refractivity contribution >= 4 is 51.6 Å². The summed E-state index contributed by atoms with van der Waals surface area (Å²) in [5, 5.41) is 0.670. The Morgan fingerprint density at radius 1 is 1.06 bits per heavy atom. The second kappa shape index (κ2) is 5.55. The van der Waals surface area contributed by atoms with Gasteiger partial charge in [-0.3, -0.25) is 4.79 Å². The van der Waals surface area contributed by atoms with Crippen molar-refractivity contribution in [1.82, 2.24) is 0 Å². The molecule has 0 N–H and O–H groups in total. The summed E-state index contributed by atoms with van der Waals surface area (Å²) >= 11 is 13.8. The summed E-state index contributed by atoms with van der Waals surface area (Å²) in [5.41, 5.74) is 0.549. The zero-order chi connectivity index (χ0) is 13.3. The first-order valence-corrected chi connectivity index (χ1v) is 6.77. The third-order valence-corrected chi connectivity index (χ3v) is 3.85. The van der Waals surface area contributed by atoms with Crippen LogP contribution in [0.15, 0.2) is 36.4 Å². The number of halogens is 4. The van der Waals surface area contributed by atoms with Crippen molar-refractivity contribution in [2.24, 2.45) is 0 Å². The van der Waals surface area contributed by atoms with E-state index in [-0.39, 0.29) is 16.4 Å². The van der Waals surface area contributed by atoms with E-state index in [2.05, 4.69) is 0 Å². The van der Waals surface area contributed by atoms with Gasteiger partial charge in [-0.1, -0.05) is 23.2 Å². The predicted octanol–water partition coefficient (Wildman–Crippen LogP) is 4.97. The van der Waals surface area contributed by atoms with Crippen LogP contribution in [0.3, 0.4) is 0 Å². The minimum Gasteiger partial charge on any atom is -0.289 e. The lowest BCUT2D eigenvalue weighted by Crippen LogP contribution is -2.05. The fourth-order valence-electron chi connectivity index (χ4n) is 1.49. The highest BCUT2D eigenvalue weighted by molar-refractivity contribution is 14.1. The van der Waals surface area contributed by atoms with Crippen LogP contribution in [-0.4, -0.2) is 5.78 Å². The Kier molecular flexibility index (Phi) is 4.25. The van der Waals surface area contributed by atoms with Gasteiger partial charge in [0.2, 0.25) is 0 Å². The van der Waals surface area contributed by atoms with E-state index in [1.165, 1.54) is 12.1 Å². The van der Waals surface area contributed by atoms with Crippen molar-refractivity contribution in [3.8, 4) is 0 Å². The molecule has 1 nitrogen and oxygen atoms in total. The summed E-state index contributed by atoms with van der Waals surface area (Å²) in [6.07, 6.45) is 0. The van der Waals surface area contributed by atoms with Gasteiger partial charge < -0.3 is 0 Å². The van der Waals surface area contributed by atoms with E-state index >= 15 is 0 Å². The standard InChI is InChI=1S/C13H6Cl2FIO/c14-7-1-4-12(17)10(5-7)13(18)9-6-8(16)2-3-11(9)15/h1-6H. The van der Waals surface area contributed by atoms with Crippen LogP contribution in [0.1, 0.15) is 15.9 Å². The molecule has 0 radical (unpaired) electrons. The molecule has 0 aliphatic carbocycles. The summed E-state index contributed by atoms with van der Waals surface area (Å²) in [6.45, 7) is 0. The minimum atomic E-state index is -0.500. The lowest BCUT2D eigenvalue weighted by molar-refractivity contribution is 0.103. The van der Waals surface area contributed by atoms with Gasteiger partial charge in [0.05, 0.1) is 5.02 Å². The molecule has 2 rings (SSSR count). The summed E-state index contributed by atoms with van der Waals surface area (Å²) in [7, 11) is 0. The van der Waals surface area contributed by atoms with Crippen LogP contribution < -0.4 is 0 Å². The molecular weight excluding hydrogens is 389 g/mol. The quantitative estimate of drug-likeness (QED) is 0.519. The summed E-state index contributed by atoms with van der Waals surface area (Å²) in [6, 6.07) is 8.66. The van der Waals surface area contributed by atoms with Crippen LogP contribution in [-0.2, 0) is 0 Å². The predicted molar refractivity (Wildman–Crippen MR) is 79.0 cm³/mol. The molecule has 0 aliphatic rings. The average Bonchev–Trinajstić information content (AvgIpc) is 2.34. The van der Waals surface area contributed by atoms with Crippen molar-refractivity contribution in [3.63, 3.8) is 0 Å². The Morgan fingerprint density at radius 2 is 1.78 bits per heavy atom. The second-order valence-corrected chi connectivity index (χ2v) is 5.58. The third-order valence-electron chi connectivity index (χ3n) is 2.35. The van der Waals surface area contributed by atoms with E-state index in [1.807, 2.05) is 22.6 Å². The molecular formula is C13H6Cl2FIO.